The molecule has 1 saturated heterocycles. The third kappa shape index (κ3) is 4.68. The molecule has 198 valence electrons. The Balaban J connectivity index is 1.46. The van der Waals surface area contributed by atoms with Crippen molar-refractivity contribution in [2.45, 2.75) is 27.8 Å². The highest BCUT2D eigenvalue weighted by atomic mass is 32.2. The molecule has 1 aromatic carbocycles. The Morgan fingerprint density at radius 2 is 1.86 bits per heavy atom. The van der Waals surface area contributed by atoms with Crippen LogP contribution in [0.5, 0.6) is 0 Å². The zero-order valence-electron chi connectivity index (χ0n) is 19.2. The number of rotatable bonds is 8. The van der Waals surface area contributed by atoms with Gasteiger partial charge in [0.1, 0.15) is 15.4 Å². The molecular weight excluding hydrogens is 535 g/mol. The summed E-state index contributed by atoms with van der Waals surface area (Å²) in [5.74, 6) is -2.62. The molecule has 2 N–H and O–H groups in total. The van der Waals surface area contributed by atoms with Crippen LogP contribution >= 0.6 is 11.3 Å². The number of morpholine rings is 1. The number of sulfonamides is 1. The van der Waals surface area contributed by atoms with Gasteiger partial charge in [-0.1, -0.05) is 35.5 Å². The van der Waals surface area contributed by atoms with E-state index in [4.69, 9.17) is 4.74 Å². The molecule has 2 aromatic heterocycles. The van der Waals surface area contributed by atoms with Gasteiger partial charge in [0.05, 0.1) is 18.1 Å². The molecule has 0 spiro atoms. The number of aliphatic carboxylic acids is 1. The highest BCUT2D eigenvalue weighted by Crippen LogP contribution is 2.59. The zero-order valence-corrected chi connectivity index (χ0v) is 20.8. The first-order valence-electron chi connectivity index (χ1n) is 11.2. The van der Waals surface area contributed by atoms with Crippen molar-refractivity contribution in [1.29, 1.82) is 0 Å². The second-order valence-electron chi connectivity index (χ2n) is 9.02. The number of nitrogens with one attached hydrogen (secondary N) is 1. The van der Waals surface area contributed by atoms with Crippen molar-refractivity contribution in [3.63, 3.8) is 0 Å². The highest BCUT2D eigenvalue weighted by molar-refractivity contribution is 7.91. The molecule has 14 heteroatoms. The lowest BCUT2D eigenvalue weighted by molar-refractivity contribution is -0.155. The van der Waals surface area contributed by atoms with Crippen molar-refractivity contribution < 1.29 is 40.8 Å². The number of benzene rings is 1. The summed E-state index contributed by atoms with van der Waals surface area (Å²) in [7, 11) is -4.37. The lowest BCUT2D eigenvalue weighted by Crippen LogP contribution is -2.52. The number of aromatic nitrogens is 1. The zero-order chi connectivity index (χ0) is 26.5. The lowest BCUT2D eigenvalue weighted by atomic mass is 9.89. The predicted octanol–water partition coefficient (Wildman–Crippen LogP) is 3.20. The van der Waals surface area contributed by atoms with Gasteiger partial charge in [0.25, 0.3) is 10.0 Å². The second-order valence-corrected chi connectivity index (χ2v) is 12.0. The number of alkyl halides is 3. The van der Waals surface area contributed by atoms with Gasteiger partial charge >= 0.3 is 12.1 Å². The van der Waals surface area contributed by atoms with E-state index in [0.29, 0.717) is 55.8 Å². The number of hydrogen-bond acceptors (Lipinski definition) is 8. The minimum absolute atomic E-state index is 0.0341. The number of carboxylic acids is 1. The first-order chi connectivity index (χ1) is 17.5. The molecule has 37 heavy (non-hydrogen) atoms. The van der Waals surface area contributed by atoms with E-state index in [-0.39, 0.29) is 21.2 Å². The Morgan fingerprint density at radius 1 is 1.16 bits per heavy atom. The summed E-state index contributed by atoms with van der Waals surface area (Å²) in [5.41, 5.74) is -2.32. The van der Waals surface area contributed by atoms with Crippen molar-refractivity contribution in [2.75, 3.05) is 32.8 Å². The van der Waals surface area contributed by atoms with Crippen LogP contribution in [0, 0.1) is 0 Å². The number of ether oxygens (including phenoxy) is 1. The minimum atomic E-state index is -4.74. The molecule has 1 saturated carbocycles. The van der Waals surface area contributed by atoms with Gasteiger partial charge < -0.3 is 14.4 Å². The Morgan fingerprint density at radius 3 is 2.49 bits per heavy atom. The lowest BCUT2D eigenvalue weighted by Gasteiger charge is -2.33. The fraction of sp³-hybridized carbons (Fsp3) is 0.391. The third-order valence-corrected chi connectivity index (χ3v) is 9.84. The number of carbonyl (C=O) groups is 1. The summed E-state index contributed by atoms with van der Waals surface area (Å²) >= 11 is 0.669. The predicted molar refractivity (Wildman–Crippen MR) is 126 cm³/mol. The molecule has 3 heterocycles. The smallest absolute Gasteiger partial charge is 0.452 e. The van der Waals surface area contributed by atoms with Crippen LogP contribution in [-0.2, 0) is 31.1 Å². The van der Waals surface area contributed by atoms with E-state index >= 15 is 0 Å². The second kappa shape index (κ2) is 9.20. The molecule has 5 rings (SSSR count). The fourth-order valence-corrected chi connectivity index (χ4v) is 7.49. The van der Waals surface area contributed by atoms with Crippen LogP contribution in [-0.4, -0.2) is 67.9 Å². The number of halogens is 3. The van der Waals surface area contributed by atoms with Crippen molar-refractivity contribution in [3.8, 4) is 10.6 Å². The molecule has 0 bridgehead atoms. The summed E-state index contributed by atoms with van der Waals surface area (Å²) in [6, 6.07) is 12.1. The third-order valence-electron chi connectivity index (χ3n) is 6.74. The number of hydrogen-bond donors (Lipinski definition) is 2. The number of carboxylic acid groups (broad SMARTS) is 1. The molecular formula is C23H22F3N3O6S2. The first-order valence-corrected chi connectivity index (χ1v) is 13.5. The highest BCUT2D eigenvalue weighted by Gasteiger charge is 2.75. The van der Waals surface area contributed by atoms with Gasteiger partial charge in [-0.2, -0.15) is 17.9 Å². The topological polar surface area (TPSA) is 122 Å². The number of nitrogens with zero attached hydrogens (tertiary/aromatic N) is 2. The molecule has 2 aliphatic rings. The summed E-state index contributed by atoms with van der Waals surface area (Å²) < 4.78 is 77.3. The molecule has 9 nitrogen and oxygen atoms in total. The molecule has 0 amide bonds. The maximum Gasteiger partial charge on any atom is 0.452 e. The van der Waals surface area contributed by atoms with E-state index in [9.17, 15) is 31.5 Å². The van der Waals surface area contributed by atoms with Gasteiger partial charge in [-0.25, -0.2) is 8.42 Å². The van der Waals surface area contributed by atoms with Crippen LogP contribution in [0.4, 0.5) is 13.2 Å². The molecule has 0 radical (unpaired) electrons. The van der Waals surface area contributed by atoms with E-state index in [1.54, 1.807) is 30.3 Å². The molecule has 2 atom stereocenters. The minimum Gasteiger partial charge on any atom is -0.480 e. The average molecular weight is 558 g/mol. The summed E-state index contributed by atoms with van der Waals surface area (Å²) in [6.07, 6.45) is -4.70. The summed E-state index contributed by atoms with van der Waals surface area (Å²) in [4.78, 5) is 14.8. The van der Waals surface area contributed by atoms with Crippen LogP contribution < -0.4 is 4.72 Å². The molecule has 2 unspecified atom stereocenters. The Hall–Kier alpha value is -2.78. The van der Waals surface area contributed by atoms with Crippen LogP contribution in [0.15, 0.2) is 57.3 Å². The van der Waals surface area contributed by atoms with Crippen LogP contribution in [0.2, 0.25) is 0 Å². The van der Waals surface area contributed by atoms with Gasteiger partial charge in [-0.15, -0.1) is 11.3 Å². The van der Waals surface area contributed by atoms with Crippen molar-refractivity contribution in [3.05, 3.63) is 59.9 Å². The standard InChI is InChI=1S/C23H22F3N3O6S2/c24-23(25,26)18-12-16(27-35-18)17-6-7-19(36-17)37(32,33)28-22(20(30)31)13-21(22,15-4-2-1-3-5-15)14-29-8-10-34-11-9-29/h1-7,12,28H,8-11,13-14H2,(H,30,31). The Kier molecular flexibility index (Phi) is 6.43. The normalized spacial score (nSPS) is 24.7. The van der Waals surface area contributed by atoms with E-state index in [0.717, 1.165) is 0 Å². The first kappa shape index (κ1) is 25.9. The van der Waals surface area contributed by atoms with Crippen LogP contribution in [0.25, 0.3) is 10.6 Å². The van der Waals surface area contributed by atoms with E-state index in [2.05, 4.69) is 19.3 Å². The monoisotopic (exact) mass is 557 g/mol. The van der Waals surface area contributed by atoms with Crippen LogP contribution in [0.1, 0.15) is 17.7 Å². The maximum absolute atomic E-state index is 13.4. The van der Waals surface area contributed by atoms with E-state index < -0.39 is 38.9 Å². The van der Waals surface area contributed by atoms with Crippen molar-refractivity contribution >= 4 is 27.3 Å². The van der Waals surface area contributed by atoms with Gasteiger partial charge in [-0.05, 0) is 24.1 Å². The quantitative estimate of drug-likeness (QED) is 0.433. The van der Waals surface area contributed by atoms with Crippen molar-refractivity contribution in [1.82, 2.24) is 14.8 Å². The Labute approximate surface area is 213 Å². The van der Waals surface area contributed by atoms with Gasteiger partial charge in [0.2, 0.25) is 5.76 Å². The van der Waals surface area contributed by atoms with E-state index in [1.807, 2.05) is 0 Å². The van der Waals surface area contributed by atoms with Gasteiger partial charge in [-0.3, -0.25) is 9.69 Å². The van der Waals surface area contributed by atoms with E-state index in [1.165, 1.54) is 12.1 Å². The number of thiophene rings is 1. The molecule has 1 aliphatic heterocycles. The van der Waals surface area contributed by atoms with Gasteiger partial charge in [0.15, 0.2) is 0 Å². The molecule has 1 aliphatic carbocycles. The Bertz CT molecular complexity index is 1400. The summed E-state index contributed by atoms with van der Waals surface area (Å²) in [6.45, 7) is 2.47. The summed E-state index contributed by atoms with van der Waals surface area (Å²) in [5, 5.41) is 13.7. The van der Waals surface area contributed by atoms with Crippen molar-refractivity contribution in [2.24, 2.45) is 0 Å². The SMILES string of the molecule is O=C(O)C1(NS(=O)(=O)c2ccc(-c3cc(C(F)(F)F)on3)s2)CC1(CN1CCOCC1)c1ccccc1. The maximum atomic E-state index is 13.4. The molecule has 3 aromatic rings. The average Bonchev–Trinajstić information content (AvgIpc) is 3.25. The van der Waals surface area contributed by atoms with Crippen LogP contribution in [0.3, 0.4) is 0 Å². The molecule has 2 fully saturated rings. The fourth-order valence-electron chi connectivity index (χ4n) is 4.80. The largest absolute Gasteiger partial charge is 0.480 e. The van der Waals surface area contributed by atoms with Gasteiger partial charge in [0, 0.05) is 31.1 Å².